The number of imide groups is 1. The van der Waals surface area contributed by atoms with Crippen LogP contribution in [0.3, 0.4) is 0 Å². The summed E-state index contributed by atoms with van der Waals surface area (Å²) in [5, 5.41) is 0. The van der Waals surface area contributed by atoms with E-state index in [4.69, 9.17) is 0 Å². The fraction of sp³-hybridized carbons (Fsp3) is 0.143. The predicted molar refractivity (Wildman–Crippen MR) is 121 cm³/mol. The van der Waals surface area contributed by atoms with Crippen molar-refractivity contribution in [2.24, 2.45) is 23.7 Å². The maximum Gasteiger partial charge on any atom is 0.238 e. The standard InChI is InChI=1S/C28H17F4NO2/c29-16-8-4-14(5-9-16)22(15-6-10-17(30)11-7-15)23-18-12-13-19(23)25-24(18)27(34)33(28(25)35)26-20(31)2-1-3-21(26)32/h1-13,18-19,24-25H/t18-,19+,24+,25-. The number of hydrogen-bond acceptors (Lipinski definition) is 2. The zero-order valence-electron chi connectivity index (χ0n) is 18.1. The molecular formula is C28H17F4NO2. The van der Waals surface area contributed by atoms with Crippen LogP contribution in [0, 0.1) is 46.9 Å². The molecule has 2 fully saturated rings. The highest BCUT2D eigenvalue weighted by atomic mass is 19.1. The summed E-state index contributed by atoms with van der Waals surface area (Å²) in [4.78, 5) is 27.5. The van der Waals surface area contributed by atoms with Crippen LogP contribution in [0.5, 0.6) is 0 Å². The molecule has 3 nitrogen and oxygen atoms in total. The van der Waals surface area contributed by atoms with E-state index in [0.717, 1.165) is 17.7 Å². The van der Waals surface area contributed by atoms with Gasteiger partial charge in [0.2, 0.25) is 11.8 Å². The first-order valence-electron chi connectivity index (χ1n) is 11.1. The third-order valence-electron chi connectivity index (χ3n) is 7.13. The van der Waals surface area contributed by atoms with E-state index in [2.05, 4.69) is 0 Å². The molecule has 0 N–H and O–H groups in total. The lowest BCUT2D eigenvalue weighted by molar-refractivity contribution is -0.123. The molecule has 0 unspecified atom stereocenters. The first kappa shape index (κ1) is 21.5. The van der Waals surface area contributed by atoms with Gasteiger partial charge in [0.25, 0.3) is 0 Å². The van der Waals surface area contributed by atoms with Crippen molar-refractivity contribution in [1.82, 2.24) is 0 Å². The molecule has 1 saturated carbocycles. The highest BCUT2D eigenvalue weighted by Gasteiger charge is 2.63. The molecule has 1 aliphatic heterocycles. The minimum Gasteiger partial charge on any atom is -0.274 e. The van der Waals surface area contributed by atoms with Gasteiger partial charge in [0, 0.05) is 11.8 Å². The van der Waals surface area contributed by atoms with Crippen molar-refractivity contribution in [3.8, 4) is 0 Å². The Morgan fingerprint density at radius 1 is 0.629 bits per heavy atom. The Balaban J connectivity index is 1.50. The number of halogens is 4. The summed E-state index contributed by atoms with van der Waals surface area (Å²) in [5.74, 6) is -6.75. The summed E-state index contributed by atoms with van der Waals surface area (Å²) in [6.07, 6.45) is 3.67. The SMILES string of the molecule is O=C1[C@@H]2[C@H](C(=O)N1c1c(F)cccc1F)[C@H]1C=C[C@@H]2C1=C(c1ccc(F)cc1)c1ccc(F)cc1. The number of allylic oxidation sites excluding steroid dienone is 3. The van der Waals surface area contributed by atoms with Crippen molar-refractivity contribution < 1.29 is 27.2 Å². The maximum atomic E-state index is 14.5. The van der Waals surface area contributed by atoms with Gasteiger partial charge in [0.05, 0.1) is 11.8 Å². The van der Waals surface area contributed by atoms with Crippen LogP contribution in [0.15, 0.2) is 84.5 Å². The molecular weight excluding hydrogens is 458 g/mol. The molecule has 3 aromatic carbocycles. The maximum absolute atomic E-state index is 14.5. The normalized spacial score (nSPS) is 24.5. The molecule has 0 aromatic heterocycles. The Kier molecular flexibility index (Phi) is 4.78. The van der Waals surface area contributed by atoms with Crippen molar-refractivity contribution in [3.63, 3.8) is 0 Å². The van der Waals surface area contributed by atoms with Crippen LogP contribution >= 0.6 is 0 Å². The number of carbonyl (C=O) groups excluding carboxylic acids is 2. The average molecular weight is 475 g/mol. The number of anilines is 1. The molecule has 35 heavy (non-hydrogen) atoms. The third-order valence-corrected chi connectivity index (χ3v) is 7.13. The van der Waals surface area contributed by atoms with Crippen LogP contribution in [-0.2, 0) is 9.59 Å². The Morgan fingerprint density at radius 2 is 1.06 bits per heavy atom. The first-order chi connectivity index (χ1) is 16.9. The number of nitrogens with zero attached hydrogens (tertiary/aromatic N) is 1. The number of fused-ring (bicyclic) bond motifs is 5. The number of amides is 2. The predicted octanol–water partition coefficient (Wildman–Crippen LogP) is 5.67. The summed E-state index contributed by atoms with van der Waals surface area (Å²) in [7, 11) is 0. The Labute approximate surface area is 198 Å². The molecule has 0 spiro atoms. The van der Waals surface area contributed by atoms with Crippen LogP contribution in [0.1, 0.15) is 11.1 Å². The van der Waals surface area contributed by atoms with Crippen LogP contribution < -0.4 is 4.90 Å². The van der Waals surface area contributed by atoms with Gasteiger partial charge in [-0.2, -0.15) is 0 Å². The number of rotatable bonds is 3. The first-order valence-corrected chi connectivity index (χ1v) is 11.1. The molecule has 174 valence electrons. The van der Waals surface area contributed by atoms with Crippen LogP contribution in [0.25, 0.3) is 5.57 Å². The van der Waals surface area contributed by atoms with Crippen LogP contribution in [-0.4, -0.2) is 11.8 Å². The Morgan fingerprint density at radius 3 is 1.49 bits per heavy atom. The fourth-order valence-electron chi connectivity index (χ4n) is 5.75. The zero-order valence-corrected chi connectivity index (χ0v) is 18.1. The van der Waals surface area contributed by atoms with E-state index in [1.165, 1.54) is 30.3 Å². The van der Waals surface area contributed by atoms with Gasteiger partial charge in [0.15, 0.2) is 0 Å². The van der Waals surface area contributed by atoms with Crippen molar-refractivity contribution >= 4 is 23.1 Å². The molecule has 0 radical (unpaired) electrons. The molecule has 2 amide bonds. The van der Waals surface area contributed by atoms with Gasteiger partial charge in [-0.1, -0.05) is 42.5 Å². The van der Waals surface area contributed by atoms with Gasteiger partial charge in [0.1, 0.15) is 29.0 Å². The second-order valence-electron chi connectivity index (χ2n) is 8.91. The minimum absolute atomic E-state index is 0.422. The number of benzene rings is 3. The topological polar surface area (TPSA) is 37.4 Å². The second-order valence-corrected chi connectivity index (χ2v) is 8.91. The summed E-state index contributed by atoms with van der Waals surface area (Å²) in [6.45, 7) is 0. The number of para-hydroxylation sites is 1. The highest BCUT2D eigenvalue weighted by molar-refractivity contribution is 6.23. The van der Waals surface area contributed by atoms with Crippen molar-refractivity contribution in [3.05, 3.63) is 119 Å². The molecule has 7 heteroatoms. The van der Waals surface area contributed by atoms with E-state index >= 15 is 0 Å². The molecule has 3 aromatic rings. The largest absolute Gasteiger partial charge is 0.274 e. The van der Waals surface area contributed by atoms with Gasteiger partial charge in [-0.05, 0) is 58.7 Å². The molecule has 1 heterocycles. The monoisotopic (exact) mass is 475 g/mol. The van der Waals surface area contributed by atoms with Gasteiger partial charge >= 0.3 is 0 Å². The van der Waals surface area contributed by atoms with E-state index in [1.807, 2.05) is 12.2 Å². The van der Waals surface area contributed by atoms with Gasteiger partial charge in [-0.25, -0.2) is 22.5 Å². The number of carbonyl (C=O) groups is 2. The summed E-state index contributed by atoms with van der Waals surface area (Å²) in [5.41, 5.74) is 2.13. The van der Waals surface area contributed by atoms with E-state index < -0.39 is 64.4 Å². The van der Waals surface area contributed by atoms with E-state index in [9.17, 15) is 27.2 Å². The van der Waals surface area contributed by atoms with Crippen molar-refractivity contribution in [1.29, 1.82) is 0 Å². The minimum atomic E-state index is -0.985. The lowest BCUT2D eigenvalue weighted by Crippen LogP contribution is -2.34. The second kappa shape index (κ2) is 7.77. The van der Waals surface area contributed by atoms with E-state index in [1.54, 1.807) is 24.3 Å². The van der Waals surface area contributed by atoms with Gasteiger partial charge in [-0.3, -0.25) is 9.59 Å². The van der Waals surface area contributed by atoms with E-state index in [-0.39, 0.29) is 0 Å². The molecule has 2 aliphatic carbocycles. The van der Waals surface area contributed by atoms with Crippen molar-refractivity contribution in [2.45, 2.75) is 0 Å². The molecule has 3 aliphatic rings. The number of hydrogen-bond donors (Lipinski definition) is 0. The average Bonchev–Trinajstić information content (AvgIpc) is 3.47. The van der Waals surface area contributed by atoms with E-state index in [0.29, 0.717) is 21.6 Å². The van der Waals surface area contributed by atoms with Gasteiger partial charge < -0.3 is 0 Å². The van der Waals surface area contributed by atoms with Crippen LogP contribution in [0.4, 0.5) is 23.2 Å². The fourth-order valence-corrected chi connectivity index (χ4v) is 5.75. The third kappa shape index (κ3) is 3.11. The van der Waals surface area contributed by atoms with Crippen molar-refractivity contribution in [2.75, 3.05) is 4.90 Å². The Bertz CT molecular complexity index is 1340. The molecule has 2 bridgehead atoms. The Hall–Kier alpha value is -4.00. The smallest absolute Gasteiger partial charge is 0.238 e. The summed E-state index contributed by atoms with van der Waals surface area (Å²) in [6, 6.07) is 14.8. The zero-order chi connectivity index (χ0) is 24.4. The lowest BCUT2D eigenvalue weighted by atomic mass is 9.85. The van der Waals surface area contributed by atoms with Gasteiger partial charge in [-0.15, -0.1) is 0 Å². The lowest BCUT2D eigenvalue weighted by Gasteiger charge is -2.22. The highest BCUT2D eigenvalue weighted by Crippen LogP contribution is 2.59. The molecule has 1 saturated heterocycles. The summed E-state index contributed by atoms with van der Waals surface area (Å²) < 4.78 is 56.3. The molecule has 4 atom stereocenters. The van der Waals surface area contributed by atoms with Crippen LogP contribution in [0.2, 0.25) is 0 Å². The quantitative estimate of drug-likeness (QED) is 0.278. The molecule has 6 rings (SSSR count). The summed E-state index contributed by atoms with van der Waals surface area (Å²) >= 11 is 0.